The predicted molar refractivity (Wildman–Crippen MR) is 147 cm³/mol. The lowest BCUT2D eigenvalue weighted by atomic mass is 9.80. The number of nitrogens with zero attached hydrogens (tertiary/aromatic N) is 2. The van der Waals surface area contributed by atoms with Crippen molar-refractivity contribution in [2.45, 2.75) is 70.1 Å². The van der Waals surface area contributed by atoms with Crippen molar-refractivity contribution in [3.63, 3.8) is 0 Å². The molecule has 1 amide bonds. The molecular weight excluding hydrogens is 486 g/mol. The average molecular weight is 522 g/mol. The normalized spacial score (nSPS) is 17.5. The number of carbonyl (C=O) groups excluding carboxylic acids is 2. The molecule has 196 valence electrons. The number of anilines is 1. The molecule has 1 atom stereocenters. The number of hydrogen-bond donors (Lipinski definition) is 3. The summed E-state index contributed by atoms with van der Waals surface area (Å²) >= 11 is 1.32. The largest absolute Gasteiger partial charge is 0.467 e. The van der Waals surface area contributed by atoms with Crippen LogP contribution in [0.15, 0.2) is 54.7 Å². The Bertz CT molecular complexity index is 1230. The topological polar surface area (TPSA) is 105 Å². The van der Waals surface area contributed by atoms with E-state index in [4.69, 9.17) is 9.72 Å². The van der Waals surface area contributed by atoms with Crippen LogP contribution in [0.2, 0.25) is 0 Å². The Labute approximate surface area is 222 Å². The maximum absolute atomic E-state index is 13.0. The Morgan fingerprint density at radius 2 is 1.78 bits per heavy atom. The van der Waals surface area contributed by atoms with Crippen LogP contribution < -0.4 is 16.0 Å². The van der Waals surface area contributed by atoms with E-state index in [1.165, 1.54) is 18.4 Å². The first-order chi connectivity index (χ1) is 17.5. The Morgan fingerprint density at radius 3 is 2.46 bits per heavy atom. The summed E-state index contributed by atoms with van der Waals surface area (Å²) in [5.74, 6) is -0.233. The minimum absolute atomic E-state index is 0.00953. The lowest BCUT2D eigenvalue weighted by Crippen LogP contribution is -2.60. The molecule has 3 heterocycles. The SMILES string of the molecule is COC(=O)[C@@H](Cc1ccccc1)NC(=O)c1ccc(-c2ccnc(NC3CC(C)(C)NC(C)(C)C3)n2)s1. The van der Waals surface area contributed by atoms with E-state index < -0.39 is 12.0 Å². The van der Waals surface area contributed by atoms with E-state index in [9.17, 15) is 9.59 Å². The molecule has 0 unspecified atom stereocenters. The van der Waals surface area contributed by atoms with E-state index in [1.54, 1.807) is 12.3 Å². The highest BCUT2D eigenvalue weighted by Crippen LogP contribution is 2.31. The molecule has 3 N–H and O–H groups in total. The third kappa shape index (κ3) is 7.14. The van der Waals surface area contributed by atoms with Crippen molar-refractivity contribution >= 4 is 29.2 Å². The summed E-state index contributed by atoms with van der Waals surface area (Å²) in [6.45, 7) is 8.84. The van der Waals surface area contributed by atoms with Gasteiger partial charge in [0.05, 0.1) is 22.6 Å². The molecule has 4 rings (SSSR count). The fourth-order valence-corrected chi connectivity index (χ4v) is 6.06. The number of hydrogen-bond acceptors (Lipinski definition) is 8. The summed E-state index contributed by atoms with van der Waals surface area (Å²) in [7, 11) is 1.32. The molecule has 8 nitrogen and oxygen atoms in total. The van der Waals surface area contributed by atoms with Crippen LogP contribution in [0.1, 0.15) is 55.8 Å². The molecular formula is C28H35N5O3S. The molecule has 1 saturated heterocycles. The third-order valence-corrected chi connectivity index (χ3v) is 7.44. The van der Waals surface area contributed by atoms with Crippen molar-refractivity contribution < 1.29 is 14.3 Å². The molecule has 1 fully saturated rings. The average Bonchev–Trinajstić information content (AvgIpc) is 3.32. The molecule has 0 aliphatic carbocycles. The van der Waals surface area contributed by atoms with Crippen molar-refractivity contribution in [2.24, 2.45) is 0 Å². The van der Waals surface area contributed by atoms with Gasteiger partial charge in [-0.05, 0) is 64.3 Å². The molecule has 0 radical (unpaired) electrons. The van der Waals surface area contributed by atoms with Crippen molar-refractivity contribution in [2.75, 3.05) is 12.4 Å². The number of nitrogens with one attached hydrogen (secondary N) is 3. The van der Waals surface area contributed by atoms with Gasteiger partial charge in [0.2, 0.25) is 5.95 Å². The number of benzene rings is 1. The summed E-state index contributed by atoms with van der Waals surface area (Å²) in [5, 5.41) is 10.0. The van der Waals surface area contributed by atoms with Crippen LogP contribution in [0.4, 0.5) is 5.95 Å². The first kappa shape index (κ1) is 26.8. The van der Waals surface area contributed by atoms with Gasteiger partial charge in [0.1, 0.15) is 6.04 Å². The van der Waals surface area contributed by atoms with E-state index >= 15 is 0 Å². The zero-order valence-corrected chi connectivity index (χ0v) is 22.8. The second-order valence-electron chi connectivity index (χ2n) is 10.8. The molecule has 1 aromatic carbocycles. The molecule has 0 spiro atoms. The molecule has 1 aliphatic heterocycles. The molecule has 9 heteroatoms. The number of carbonyl (C=O) groups is 2. The van der Waals surface area contributed by atoms with Gasteiger partial charge < -0.3 is 20.7 Å². The number of esters is 1. The van der Waals surface area contributed by atoms with E-state index in [0.717, 1.165) is 29.0 Å². The van der Waals surface area contributed by atoms with Gasteiger partial charge in [0.15, 0.2) is 0 Å². The zero-order valence-electron chi connectivity index (χ0n) is 22.0. The maximum Gasteiger partial charge on any atom is 0.328 e. The minimum Gasteiger partial charge on any atom is -0.467 e. The highest BCUT2D eigenvalue weighted by molar-refractivity contribution is 7.17. The number of aromatic nitrogens is 2. The molecule has 37 heavy (non-hydrogen) atoms. The molecule has 1 aliphatic rings. The van der Waals surface area contributed by atoms with Crippen LogP contribution in [0.25, 0.3) is 10.6 Å². The van der Waals surface area contributed by atoms with E-state index in [-0.39, 0.29) is 23.0 Å². The number of rotatable bonds is 8. The second-order valence-corrected chi connectivity index (χ2v) is 11.9. The van der Waals surface area contributed by atoms with Gasteiger partial charge in [0, 0.05) is 29.7 Å². The molecule has 2 aromatic heterocycles. The fraction of sp³-hybridized carbons (Fsp3) is 0.429. The number of methoxy groups -OCH3 is 1. The van der Waals surface area contributed by atoms with Crippen LogP contribution in [-0.2, 0) is 16.0 Å². The smallest absolute Gasteiger partial charge is 0.328 e. The van der Waals surface area contributed by atoms with Crippen molar-refractivity contribution in [3.05, 3.63) is 65.2 Å². The summed E-state index contributed by atoms with van der Waals surface area (Å²) in [5.41, 5.74) is 1.69. The quantitative estimate of drug-likeness (QED) is 0.376. The van der Waals surface area contributed by atoms with Gasteiger partial charge in [0.25, 0.3) is 5.91 Å². The van der Waals surface area contributed by atoms with Gasteiger partial charge in [-0.2, -0.15) is 0 Å². The third-order valence-electron chi connectivity index (χ3n) is 6.33. The van der Waals surface area contributed by atoms with Crippen LogP contribution >= 0.6 is 11.3 Å². The van der Waals surface area contributed by atoms with Gasteiger partial charge in [-0.15, -0.1) is 11.3 Å². The first-order valence-corrected chi connectivity index (χ1v) is 13.3. The van der Waals surface area contributed by atoms with E-state index in [1.807, 2.05) is 42.5 Å². The molecule has 0 saturated carbocycles. The summed E-state index contributed by atoms with van der Waals surface area (Å²) in [6.07, 6.45) is 3.99. The predicted octanol–water partition coefficient (Wildman–Crippen LogP) is 4.44. The Hall–Kier alpha value is -3.30. The van der Waals surface area contributed by atoms with Crippen LogP contribution in [0.3, 0.4) is 0 Å². The Balaban J connectivity index is 1.45. The Morgan fingerprint density at radius 1 is 1.08 bits per heavy atom. The van der Waals surface area contributed by atoms with Crippen LogP contribution in [-0.4, -0.2) is 52.1 Å². The van der Waals surface area contributed by atoms with Gasteiger partial charge >= 0.3 is 5.97 Å². The highest BCUT2D eigenvalue weighted by Gasteiger charge is 2.37. The maximum atomic E-state index is 13.0. The second kappa shape index (κ2) is 11.0. The first-order valence-electron chi connectivity index (χ1n) is 12.5. The van der Waals surface area contributed by atoms with E-state index in [0.29, 0.717) is 17.2 Å². The number of amides is 1. The fourth-order valence-electron chi connectivity index (χ4n) is 5.18. The van der Waals surface area contributed by atoms with Crippen molar-refractivity contribution in [1.29, 1.82) is 0 Å². The lowest BCUT2D eigenvalue weighted by molar-refractivity contribution is -0.142. The molecule has 0 bridgehead atoms. The summed E-state index contributed by atoms with van der Waals surface area (Å²) < 4.78 is 4.92. The van der Waals surface area contributed by atoms with Gasteiger partial charge in [-0.25, -0.2) is 14.8 Å². The number of thiophene rings is 1. The van der Waals surface area contributed by atoms with E-state index in [2.05, 4.69) is 48.6 Å². The number of piperidine rings is 1. The minimum atomic E-state index is -0.779. The summed E-state index contributed by atoms with van der Waals surface area (Å²) in [4.78, 5) is 35.8. The van der Waals surface area contributed by atoms with Gasteiger partial charge in [-0.1, -0.05) is 30.3 Å². The monoisotopic (exact) mass is 521 g/mol. The summed E-state index contributed by atoms with van der Waals surface area (Å²) in [6, 6.07) is 14.4. The van der Waals surface area contributed by atoms with Crippen molar-refractivity contribution in [1.82, 2.24) is 20.6 Å². The Kier molecular flexibility index (Phi) is 7.94. The van der Waals surface area contributed by atoms with Crippen molar-refractivity contribution in [3.8, 4) is 10.6 Å². The van der Waals surface area contributed by atoms with Gasteiger partial charge in [-0.3, -0.25) is 4.79 Å². The lowest BCUT2D eigenvalue weighted by Gasteiger charge is -2.46. The highest BCUT2D eigenvalue weighted by atomic mass is 32.1. The number of ether oxygens (including phenoxy) is 1. The molecule has 3 aromatic rings. The standard InChI is InChI=1S/C28H35N5O3S/c1-27(2)16-19(17-28(3,4)33-27)30-26-29-14-13-20(32-26)22-11-12-23(37-22)24(34)31-21(25(35)36-5)15-18-9-7-6-8-10-18/h6-14,19,21,33H,15-17H2,1-5H3,(H,31,34)(H,29,30,32)/t21-/m1/s1. The van der Waals surface area contributed by atoms with Crippen LogP contribution in [0.5, 0.6) is 0 Å². The zero-order chi connectivity index (χ0) is 26.6. The van der Waals surface area contributed by atoms with Crippen LogP contribution in [0, 0.1) is 0 Å².